The standard InChI is InChI=1S/C21H27N3O5S/c1-4-24(5-2)21(26)17-7-6-8-18(15-17)23-20(25)16-9-11-19(12-10-16)30(27,28)22-13-14-29-3/h6-12,15,22H,4-5,13-14H2,1-3H3,(H,23,25). The molecule has 0 saturated carbocycles. The molecular formula is C21H27N3O5S. The van der Waals surface area contributed by atoms with Crippen LogP contribution in [0.25, 0.3) is 0 Å². The van der Waals surface area contributed by atoms with Crippen LogP contribution >= 0.6 is 0 Å². The highest BCUT2D eigenvalue weighted by atomic mass is 32.2. The van der Waals surface area contributed by atoms with Gasteiger partial charge in [-0.3, -0.25) is 9.59 Å². The van der Waals surface area contributed by atoms with Crippen LogP contribution in [0.1, 0.15) is 34.6 Å². The monoisotopic (exact) mass is 433 g/mol. The van der Waals surface area contributed by atoms with Crippen molar-refractivity contribution in [1.82, 2.24) is 9.62 Å². The van der Waals surface area contributed by atoms with E-state index in [0.717, 1.165) is 0 Å². The molecule has 0 saturated heterocycles. The van der Waals surface area contributed by atoms with E-state index in [1.165, 1.54) is 31.4 Å². The minimum atomic E-state index is -3.67. The van der Waals surface area contributed by atoms with Crippen molar-refractivity contribution in [3.05, 3.63) is 59.7 Å². The van der Waals surface area contributed by atoms with E-state index in [2.05, 4.69) is 10.0 Å². The lowest BCUT2D eigenvalue weighted by atomic mass is 10.1. The second kappa shape index (κ2) is 10.9. The van der Waals surface area contributed by atoms with E-state index < -0.39 is 15.9 Å². The SMILES string of the molecule is CCN(CC)C(=O)c1cccc(NC(=O)c2ccc(S(=O)(=O)NCCOC)cc2)c1. The van der Waals surface area contributed by atoms with Gasteiger partial charge in [0.1, 0.15) is 0 Å². The van der Waals surface area contributed by atoms with Crippen LogP contribution in [0, 0.1) is 0 Å². The minimum Gasteiger partial charge on any atom is -0.383 e. The molecular weight excluding hydrogens is 406 g/mol. The Morgan fingerprint density at radius 1 is 1.00 bits per heavy atom. The van der Waals surface area contributed by atoms with Gasteiger partial charge in [0.15, 0.2) is 0 Å². The first-order valence-corrected chi connectivity index (χ1v) is 11.1. The molecule has 8 nitrogen and oxygen atoms in total. The molecule has 2 amide bonds. The quantitative estimate of drug-likeness (QED) is 0.560. The van der Waals surface area contributed by atoms with Crippen molar-refractivity contribution in [2.24, 2.45) is 0 Å². The second-order valence-corrected chi connectivity index (χ2v) is 8.19. The van der Waals surface area contributed by atoms with E-state index in [1.807, 2.05) is 13.8 Å². The van der Waals surface area contributed by atoms with Crippen LogP contribution in [0.15, 0.2) is 53.4 Å². The Hall–Kier alpha value is -2.75. The van der Waals surface area contributed by atoms with E-state index >= 15 is 0 Å². The molecule has 0 unspecified atom stereocenters. The maximum absolute atomic E-state index is 12.5. The fourth-order valence-corrected chi connectivity index (χ4v) is 3.79. The van der Waals surface area contributed by atoms with Gasteiger partial charge in [-0.15, -0.1) is 0 Å². The van der Waals surface area contributed by atoms with Gasteiger partial charge in [0, 0.05) is 43.6 Å². The molecule has 0 radical (unpaired) electrons. The normalized spacial score (nSPS) is 11.2. The average molecular weight is 434 g/mol. The first kappa shape index (κ1) is 23.5. The summed E-state index contributed by atoms with van der Waals surface area (Å²) in [5.41, 5.74) is 1.27. The van der Waals surface area contributed by atoms with Crippen LogP contribution in [-0.4, -0.2) is 58.5 Å². The van der Waals surface area contributed by atoms with Crippen molar-refractivity contribution in [3.8, 4) is 0 Å². The number of carbonyl (C=O) groups excluding carboxylic acids is 2. The maximum Gasteiger partial charge on any atom is 0.255 e. The van der Waals surface area contributed by atoms with Crippen molar-refractivity contribution >= 4 is 27.5 Å². The van der Waals surface area contributed by atoms with E-state index in [-0.39, 0.29) is 24.0 Å². The first-order valence-electron chi connectivity index (χ1n) is 9.61. The lowest BCUT2D eigenvalue weighted by molar-refractivity contribution is 0.0772. The third kappa shape index (κ3) is 6.12. The molecule has 2 aromatic rings. The number of sulfonamides is 1. The molecule has 2 rings (SSSR count). The summed E-state index contributed by atoms with van der Waals surface area (Å²) in [7, 11) is -2.18. The first-order chi connectivity index (χ1) is 14.3. The molecule has 9 heteroatoms. The lowest BCUT2D eigenvalue weighted by Crippen LogP contribution is -2.30. The number of benzene rings is 2. The highest BCUT2D eigenvalue weighted by Gasteiger charge is 2.16. The zero-order valence-electron chi connectivity index (χ0n) is 17.3. The summed E-state index contributed by atoms with van der Waals surface area (Å²) in [5, 5.41) is 2.74. The van der Waals surface area contributed by atoms with E-state index in [4.69, 9.17) is 4.74 Å². The lowest BCUT2D eigenvalue weighted by Gasteiger charge is -2.19. The zero-order chi connectivity index (χ0) is 22.1. The number of ether oxygens (including phenoxy) is 1. The molecule has 0 aliphatic carbocycles. The number of methoxy groups -OCH3 is 1. The number of rotatable bonds is 10. The average Bonchev–Trinajstić information content (AvgIpc) is 2.75. The molecule has 2 aromatic carbocycles. The number of nitrogens with one attached hydrogen (secondary N) is 2. The van der Waals surface area contributed by atoms with E-state index in [0.29, 0.717) is 29.9 Å². The van der Waals surface area contributed by atoms with Gasteiger partial charge in [0.05, 0.1) is 11.5 Å². The Morgan fingerprint density at radius 2 is 1.67 bits per heavy atom. The number of hydrogen-bond donors (Lipinski definition) is 2. The van der Waals surface area contributed by atoms with Gasteiger partial charge >= 0.3 is 0 Å². The molecule has 0 heterocycles. The largest absolute Gasteiger partial charge is 0.383 e. The topological polar surface area (TPSA) is 105 Å². The second-order valence-electron chi connectivity index (χ2n) is 6.43. The summed E-state index contributed by atoms with van der Waals surface area (Å²) in [4.78, 5) is 26.8. The number of carbonyl (C=O) groups is 2. The highest BCUT2D eigenvalue weighted by Crippen LogP contribution is 2.16. The van der Waals surface area contributed by atoms with Gasteiger partial charge in [-0.1, -0.05) is 6.07 Å². The molecule has 0 aliphatic heterocycles. The Balaban J connectivity index is 2.10. The number of amides is 2. The Bertz CT molecular complexity index is 970. The summed E-state index contributed by atoms with van der Waals surface area (Å²) in [6.45, 7) is 5.43. The van der Waals surface area contributed by atoms with Gasteiger partial charge in [-0.25, -0.2) is 13.1 Å². The molecule has 0 bridgehead atoms. The third-order valence-corrected chi connectivity index (χ3v) is 5.92. The molecule has 162 valence electrons. The van der Waals surface area contributed by atoms with Crippen LogP contribution in [0.4, 0.5) is 5.69 Å². The van der Waals surface area contributed by atoms with Crippen molar-refractivity contribution in [1.29, 1.82) is 0 Å². The maximum atomic E-state index is 12.5. The van der Waals surface area contributed by atoms with Gasteiger partial charge in [0.2, 0.25) is 10.0 Å². The van der Waals surface area contributed by atoms with Crippen molar-refractivity contribution in [3.63, 3.8) is 0 Å². The highest BCUT2D eigenvalue weighted by molar-refractivity contribution is 7.89. The van der Waals surface area contributed by atoms with Crippen molar-refractivity contribution in [2.75, 3.05) is 38.7 Å². The predicted molar refractivity (Wildman–Crippen MR) is 115 cm³/mol. The third-order valence-electron chi connectivity index (χ3n) is 4.44. The minimum absolute atomic E-state index is 0.0574. The molecule has 0 aromatic heterocycles. The summed E-state index contributed by atoms with van der Waals surface area (Å²) in [6.07, 6.45) is 0. The number of hydrogen-bond acceptors (Lipinski definition) is 5. The van der Waals surface area contributed by atoms with Crippen LogP contribution in [0.2, 0.25) is 0 Å². The summed E-state index contributed by atoms with van der Waals surface area (Å²) < 4.78 is 31.6. The smallest absolute Gasteiger partial charge is 0.255 e. The van der Waals surface area contributed by atoms with Crippen LogP contribution in [0.3, 0.4) is 0 Å². The molecule has 0 fully saturated rings. The van der Waals surface area contributed by atoms with Gasteiger partial charge in [0.25, 0.3) is 11.8 Å². The Morgan fingerprint density at radius 3 is 2.27 bits per heavy atom. The van der Waals surface area contributed by atoms with Gasteiger partial charge in [-0.05, 0) is 56.3 Å². The van der Waals surface area contributed by atoms with Crippen LogP contribution in [0.5, 0.6) is 0 Å². The Labute approximate surface area is 177 Å². The fourth-order valence-electron chi connectivity index (χ4n) is 2.77. The van der Waals surface area contributed by atoms with E-state index in [9.17, 15) is 18.0 Å². The summed E-state index contributed by atoms with van der Waals surface area (Å²) >= 11 is 0. The van der Waals surface area contributed by atoms with Crippen LogP contribution < -0.4 is 10.0 Å². The van der Waals surface area contributed by atoms with Crippen molar-refractivity contribution < 1.29 is 22.7 Å². The van der Waals surface area contributed by atoms with Crippen molar-refractivity contribution in [2.45, 2.75) is 18.7 Å². The number of anilines is 1. The molecule has 0 spiro atoms. The summed E-state index contributed by atoms with van der Waals surface area (Å²) in [6, 6.07) is 12.3. The predicted octanol–water partition coefficient (Wildman–Crippen LogP) is 2.35. The Kier molecular flexibility index (Phi) is 8.52. The van der Waals surface area contributed by atoms with E-state index in [1.54, 1.807) is 29.2 Å². The summed E-state index contributed by atoms with van der Waals surface area (Å²) in [5.74, 6) is -0.509. The van der Waals surface area contributed by atoms with Crippen LogP contribution in [-0.2, 0) is 14.8 Å². The zero-order valence-corrected chi connectivity index (χ0v) is 18.2. The van der Waals surface area contributed by atoms with Gasteiger partial charge < -0.3 is 15.0 Å². The fraction of sp³-hybridized carbons (Fsp3) is 0.333. The molecule has 30 heavy (non-hydrogen) atoms. The number of nitrogens with zero attached hydrogens (tertiary/aromatic N) is 1. The molecule has 0 atom stereocenters. The van der Waals surface area contributed by atoms with Gasteiger partial charge in [-0.2, -0.15) is 0 Å². The molecule has 0 aliphatic rings. The molecule has 2 N–H and O–H groups in total.